The fourth-order valence-corrected chi connectivity index (χ4v) is 2.43. The van der Waals surface area contributed by atoms with Gasteiger partial charge in [0.2, 0.25) is 15.0 Å². The van der Waals surface area contributed by atoms with E-state index in [0.29, 0.717) is 5.56 Å². The van der Waals surface area contributed by atoms with E-state index in [1.54, 1.807) is 31.2 Å². The van der Waals surface area contributed by atoms with Gasteiger partial charge in [-0.05, 0) is 18.6 Å². The molecule has 1 aromatic carbocycles. The number of hydrogen-bond donors (Lipinski definition) is 2. The van der Waals surface area contributed by atoms with Gasteiger partial charge in [0, 0.05) is 11.8 Å². The third kappa shape index (κ3) is 4.06. The van der Waals surface area contributed by atoms with Crippen molar-refractivity contribution in [2.24, 2.45) is 0 Å². The molecule has 0 aliphatic heterocycles. The first-order valence-corrected chi connectivity index (χ1v) is 8.86. The van der Waals surface area contributed by atoms with Crippen LogP contribution >= 0.6 is 11.6 Å². The minimum absolute atomic E-state index is 0.148. The maximum absolute atomic E-state index is 12.1. The Morgan fingerprint density at radius 3 is 2.38 bits per heavy atom. The molecule has 2 N–H and O–H groups in total. The molecule has 1 aromatic heterocycles. The number of aromatic nitrogens is 2. The number of nitrogens with zero attached hydrogens (tertiary/aromatic N) is 2. The Kier molecular flexibility index (Phi) is 5.15. The smallest absolute Gasteiger partial charge is 0.267 e. The van der Waals surface area contributed by atoms with Crippen molar-refractivity contribution in [2.45, 2.75) is 12.1 Å². The van der Waals surface area contributed by atoms with E-state index in [9.17, 15) is 18.0 Å². The van der Waals surface area contributed by atoms with Crippen LogP contribution in [0.25, 0.3) is 0 Å². The van der Waals surface area contributed by atoms with Crippen LogP contribution in [0, 0.1) is 6.92 Å². The highest BCUT2D eigenvalue weighted by atomic mass is 35.5. The second-order valence-corrected chi connectivity index (χ2v) is 7.16. The summed E-state index contributed by atoms with van der Waals surface area (Å²) in [7, 11) is -3.70. The standard InChI is InChI=1S/C14H13ClN4O4S/c1-8-5-3-4-6-9(8)12(20)18-19-13(21)11-10(15)7-16-14(17-11)24(2,22)23/h3-7H,1-2H3,(H,18,20)(H,19,21). The lowest BCUT2D eigenvalue weighted by Gasteiger charge is -2.09. The number of hydrogen-bond acceptors (Lipinski definition) is 6. The number of nitrogens with one attached hydrogen (secondary N) is 2. The van der Waals surface area contributed by atoms with Gasteiger partial charge >= 0.3 is 0 Å². The zero-order chi connectivity index (χ0) is 17.9. The minimum atomic E-state index is -3.70. The summed E-state index contributed by atoms with van der Waals surface area (Å²) in [6.07, 6.45) is 1.90. The highest BCUT2D eigenvalue weighted by Gasteiger charge is 2.19. The molecular weight excluding hydrogens is 356 g/mol. The lowest BCUT2D eigenvalue weighted by molar-refractivity contribution is 0.0843. The molecule has 0 radical (unpaired) electrons. The van der Waals surface area contributed by atoms with E-state index in [1.165, 1.54) is 0 Å². The van der Waals surface area contributed by atoms with Crippen molar-refractivity contribution in [1.29, 1.82) is 0 Å². The molecule has 0 saturated carbocycles. The summed E-state index contributed by atoms with van der Waals surface area (Å²) in [5, 5.41) is -0.688. The molecule has 1 heterocycles. The monoisotopic (exact) mass is 368 g/mol. The van der Waals surface area contributed by atoms with Crippen molar-refractivity contribution in [1.82, 2.24) is 20.8 Å². The summed E-state index contributed by atoms with van der Waals surface area (Å²) in [5.74, 6) is -1.40. The maximum atomic E-state index is 12.1. The number of sulfone groups is 1. The molecule has 126 valence electrons. The van der Waals surface area contributed by atoms with E-state index in [2.05, 4.69) is 20.8 Å². The molecule has 0 unspecified atom stereocenters. The van der Waals surface area contributed by atoms with E-state index < -0.39 is 26.8 Å². The van der Waals surface area contributed by atoms with Crippen molar-refractivity contribution in [3.05, 3.63) is 52.3 Å². The third-order valence-electron chi connectivity index (χ3n) is 2.95. The van der Waals surface area contributed by atoms with Crippen LogP contribution in [0.1, 0.15) is 26.4 Å². The van der Waals surface area contributed by atoms with Crippen molar-refractivity contribution in [3.8, 4) is 0 Å². The highest BCUT2D eigenvalue weighted by Crippen LogP contribution is 2.14. The number of hydrazine groups is 1. The molecule has 24 heavy (non-hydrogen) atoms. The predicted molar refractivity (Wildman–Crippen MR) is 86.3 cm³/mol. The summed E-state index contributed by atoms with van der Waals surface area (Å²) in [5.41, 5.74) is 5.09. The van der Waals surface area contributed by atoms with E-state index in [4.69, 9.17) is 11.6 Å². The van der Waals surface area contributed by atoms with E-state index in [-0.39, 0.29) is 10.7 Å². The zero-order valence-electron chi connectivity index (χ0n) is 12.7. The second kappa shape index (κ2) is 6.93. The van der Waals surface area contributed by atoms with Gasteiger partial charge < -0.3 is 0 Å². The molecule has 0 aliphatic rings. The molecule has 10 heteroatoms. The SMILES string of the molecule is Cc1ccccc1C(=O)NNC(=O)c1nc(S(C)(=O)=O)ncc1Cl. The first-order valence-electron chi connectivity index (χ1n) is 6.59. The molecule has 0 bridgehead atoms. The summed E-state index contributed by atoms with van der Waals surface area (Å²) >= 11 is 5.81. The molecule has 0 fully saturated rings. The molecule has 8 nitrogen and oxygen atoms in total. The van der Waals surface area contributed by atoms with Gasteiger partial charge in [-0.2, -0.15) is 0 Å². The zero-order valence-corrected chi connectivity index (χ0v) is 14.3. The molecule has 2 amide bonds. The van der Waals surface area contributed by atoms with Gasteiger partial charge in [0.15, 0.2) is 5.69 Å². The second-order valence-electron chi connectivity index (χ2n) is 4.84. The number of carbonyl (C=O) groups excluding carboxylic acids is 2. The number of aryl methyl sites for hydroxylation is 1. The summed E-state index contributed by atoms with van der Waals surface area (Å²) in [4.78, 5) is 31.3. The number of halogens is 1. The summed E-state index contributed by atoms with van der Waals surface area (Å²) < 4.78 is 22.9. The molecule has 2 rings (SSSR count). The average Bonchev–Trinajstić information content (AvgIpc) is 2.52. The van der Waals surface area contributed by atoms with Gasteiger partial charge in [0.1, 0.15) is 0 Å². The topological polar surface area (TPSA) is 118 Å². The van der Waals surface area contributed by atoms with Crippen LogP contribution in [-0.2, 0) is 9.84 Å². The molecule has 0 saturated heterocycles. The number of rotatable bonds is 3. The maximum Gasteiger partial charge on any atom is 0.290 e. The Balaban J connectivity index is 2.16. The average molecular weight is 369 g/mol. The molecule has 0 aliphatic carbocycles. The molecule has 0 spiro atoms. The summed E-state index contributed by atoms with van der Waals surface area (Å²) in [6, 6.07) is 6.80. The predicted octanol–water partition coefficient (Wildman–Crippen LogP) is 0.917. The van der Waals surface area contributed by atoms with Crippen LogP contribution in [0.15, 0.2) is 35.6 Å². The van der Waals surface area contributed by atoms with Gasteiger partial charge in [-0.3, -0.25) is 20.4 Å². The van der Waals surface area contributed by atoms with E-state index >= 15 is 0 Å². The fraction of sp³-hybridized carbons (Fsp3) is 0.143. The Morgan fingerprint density at radius 1 is 1.12 bits per heavy atom. The highest BCUT2D eigenvalue weighted by molar-refractivity contribution is 7.90. The van der Waals surface area contributed by atoms with Crippen molar-refractivity contribution < 1.29 is 18.0 Å². The van der Waals surface area contributed by atoms with Gasteiger partial charge in [0.05, 0.1) is 11.2 Å². The lowest BCUT2D eigenvalue weighted by Crippen LogP contribution is -2.42. The Labute approximate surface area is 143 Å². The number of carbonyl (C=O) groups is 2. The van der Waals surface area contributed by atoms with Crippen LogP contribution < -0.4 is 10.9 Å². The minimum Gasteiger partial charge on any atom is -0.267 e. The Hall–Kier alpha value is -2.52. The Bertz CT molecular complexity index is 915. The largest absolute Gasteiger partial charge is 0.290 e. The first kappa shape index (κ1) is 17.8. The van der Waals surface area contributed by atoms with Crippen LogP contribution in [-0.4, -0.2) is 36.5 Å². The first-order chi connectivity index (χ1) is 11.2. The molecular formula is C14H13ClN4O4S. The van der Waals surface area contributed by atoms with Crippen LogP contribution in [0.4, 0.5) is 0 Å². The van der Waals surface area contributed by atoms with Crippen molar-refractivity contribution in [2.75, 3.05) is 6.26 Å². The fourth-order valence-electron chi connectivity index (χ4n) is 1.76. The number of benzene rings is 1. The van der Waals surface area contributed by atoms with Crippen LogP contribution in [0.5, 0.6) is 0 Å². The molecule has 2 aromatic rings. The van der Waals surface area contributed by atoms with Crippen molar-refractivity contribution >= 4 is 33.3 Å². The number of amides is 2. The quantitative estimate of drug-likeness (QED) is 0.614. The summed E-state index contributed by atoms with van der Waals surface area (Å²) in [6.45, 7) is 1.75. The van der Waals surface area contributed by atoms with E-state index in [0.717, 1.165) is 18.0 Å². The van der Waals surface area contributed by atoms with Crippen LogP contribution in [0.2, 0.25) is 5.02 Å². The van der Waals surface area contributed by atoms with Gasteiger partial charge in [0.25, 0.3) is 11.8 Å². The Morgan fingerprint density at radius 2 is 1.75 bits per heavy atom. The van der Waals surface area contributed by atoms with Gasteiger partial charge in [-0.25, -0.2) is 18.4 Å². The van der Waals surface area contributed by atoms with Crippen LogP contribution in [0.3, 0.4) is 0 Å². The molecule has 0 atom stereocenters. The van der Waals surface area contributed by atoms with Gasteiger partial charge in [-0.1, -0.05) is 29.8 Å². The normalized spacial score (nSPS) is 11.0. The lowest BCUT2D eigenvalue weighted by atomic mass is 10.1. The van der Waals surface area contributed by atoms with Gasteiger partial charge in [-0.15, -0.1) is 0 Å². The van der Waals surface area contributed by atoms with Crippen molar-refractivity contribution in [3.63, 3.8) is 0 Å². The van der Waals surface area contributed by atoms with E-state index in [1.807, 2.05) is 0 Å². The third-order valence-corrected chi connectivity index (χ3v) is 4.08.